The summed E-state index contributed by atoms with van der Waals surface area (Å²) in [5.41, 5.74) is 4.81. The van der Waals surface area contributed by atoms with Crippen LogP contribution in [-0.2, 0) is 6.54 Å². The molecule has 4 nitrogen and oxygen atoms in total. The Bertz CT molecular complexity index is 1270. The third-order valence-corrected chi connectivity index (χ3v) is 5.38. The summed E-state index contributed by atoms with van der Waals surface area (Å²) < 4.78 is 7.41. The van der Waals surface area contributed by atoms with Crippen LogP contribution < -0.4 is 10.2 Å². The third kappa shape index (κ3) is 3.94. The average molecular weight is 398 g/mol. The van der Waals surface area contributed by atoms with Crippen LogP contribution in [0.2, 0.25) is 0 Å². The molecule has 0 aliphatic carbocycles. The van der Waals surface area contributed by atoms with E-state index in [4.69, 9.17) is 4.42 Å². The number of fused-ring (bicyclic) bond motifs is 1. The van der Waals surface area contributed by atoms with Crippen molar-refractivity contribution in [3.63, 3.8) is 0 Å². The van der Waals surface area contributed by atoms with Crippen molar-refractivity contribution in [3.05, 3.63) is 111 Å². The Hall–Kier alpha value is -3.53. The number of aromatic nitrogens is 1. The average Bonchev–Trinajstić information content (AvgIpc) is 2.73. The summed E-state index contributed by atoms with van der Waals surface area (Å²) in [6, 6.07) is 18.5. The van der Waals surface area contributed by atoms with Gasteiger partial charge in [-0.3, -0.25) is 4.79 Å². The fraction of sp³-hybridized carbons (Fsp3) is 0.192. The monoisotopic (exact) mass is 398 g/mol. The first kappa shape index (κ1) is 19.8. The van der Waals surface area contributed by atoms with Gasteiger partial charge in [-0.05, 0) is 36.1 Å². The second kappa shape index (κ2) is 8.07. The Kier molecular flexibility index (Phi) is 5.32. The number of hydrogen-bond acceptors (Lipinski definition) is 3. The van der Waals surface area contributed by atoms with E-state index in [9.17, 15) is 9.59 Å². The molecule has 0 unspecified atom stereocenters. The van der Waals surface area contributed by atoms with Gasteiger partial charge in [0.05, 0.1) is 0 Å². The van der Waals surface area contributed by atoms with E-state index in [1.54, 1.807) is 6.07 Å². The van der Waals surface area contributed by atoms with Gasteiger partial charge in [0, 0.05) is 40.3 Å². The molecule has 150 valence electrons. The maximum Gasteiger partial charge on any atom is 0.336 e. The van der Waals surface area contributed by atoms with Crippen molar-refractivity contribution >= 4 is 16.8 Å². The Morgan fingerprint density at radius 1 is 0.967 bits per heavy atom. The van der Waals surface area contributed by atoms with E-state index in [2.05, 4.69) is 19.9 Å². The molecular formula is C26H24NO3+. The maximum absolute atomic E-state index is 12.6. The molecule has 2 aromatic heterocycles. The highest BCUT2D eigenvalue weighted by Gasteiger charge is 2.15. The van der Waals surface area contributed by atoms with Crippen LogP contribution in [0.1, 0.15) is 52.4 Å². The molecule has 0 saturated heterocycles. The lowest BCUT2D eigenvalue weighted by molar-refractivity contribution is -0.688. The smallest absolute Gasteiger partial charge is 0.336 e. The summed E-state index contributed by atoms with van der Waals surface area (Å²) >= 11 is 0. The molecule has 30 heavy (non-hydrogen) atoms. The highest BCUT2D eigenvalue weighted by molar-refractivity contribution is 6.08. The van der Waals surface area contributed by atoms with Gasteiger partial charge in [0.1, 0.15) is 5.58 Å². The zero-order chi connectivity index (χ0) is 21.3. The van der Waals surface area contributed by atoms with Crippen LogP contribution >= 0.6 is 0 Å². The minimum atomic E-state index is -0.356. The molecule has 0 aliphatic heterocycles. The molecule has 4 heteroatoms. The molecule has 0 fully saturated rings. The van der Waals surface area contributed by atoms with Gasteiger partial charge < -0.3 is 4.42 Å². The molecule has 0 amide bonds. The second-order valence-electron chi connectivity index (χ2n) is 7.90. The summed E-state index contributed by atoms with van der Waals surface area (Å²) in [6.45, 7) is 6.87. The number of nitrogens with zero attached hydrogens (tertiary/aromatic N) is 1. The van der Waals surface area contributed by atoms with E-state index in [1.807, 2.05) is 72.4 Å². The second-order valence-corrected chi connectivity index (χ2v) is 7.90. The van der Waals surface area contributed by atoms with Crippen LogP contribution in [0.4, 0.5) is 0 Å². The summed E-state index contributed by atoms with van der Waals surface area (Å²) in [7, 11) is 0. The lowest BCUT2D eigenvalue weighted by atomic mass is 9.95. The Balaban J connectivity index is 1.68. The van der Waals surface area contributed by atoms with E-state index in [0.29, 0.717) is 29.2 Å². The molecule has 0 spiro atoms. The van der Waals surface area contributed by atoms with Crippen molar-refractivity contribution in [1.82, 2.24) is 0 Å². The van der Waals surface area contributed by atoms with Crippen molar-refractivity contribution in [2.24, 2.45) is 0 Å². The zero-order valence-electron chi connectivity index (χ0n) is 17.4. The normalized spacial score (nSPS) is 11.2. The number of carbonyl (C=O) groups excluding carboxylic acids is 1. The Morgan fingerprint density at radius 3 is 2.30 bits per heavy atom. The van der Waals surface area contributed by atoms with Crippen molar-refractivity contribution in [1.29, 1.82) is 0 Å². The fourth-order valence-corrected chi connectivity index (χ4v) is 3.81. The lowest BCUT2D eigenvalue weighted by Crippen LogP contribution is -2.34. The predicted octanol–water partition coefficient (Wildman–Crippen LogP) is 4.79. The van der Waals surface area contributed by atoms with Crippen molar-refractivity contribution in [2.75, 3.05) is 0 Å². The van der Waals surface area contributed by atoms with Gasteiger partial charge in [0.15, 0.2) is 24.7 Å². The van der Waals surface area contributed by atoms with E-state index in [0.717, 1.165) is 16.5 Å². The van der Waals surface area contributed by atoms with E-state index < -0.39 is 0 Å². The van der Waals surface area contributed by atoms with Gasteiger partial charge in [0.2, 0.25) is 0 Å². The topological polar surface area (TPSA) is 51.2 Å². The quantitative estimate of drug-likeness (QED) is 0.276. The minimum absolute atomic E-state index is 0.00870. The van der Waals surface area contributed by atoms with Crippen LogP contribution in [-0.4, -0.2) is 5.78 Å². The van der Waals surface area contributed by atoms with Gasteiger partial charge in [0.25, 0.3) is 0 Å². The molecule has 0 atom stereocenters. The third-order valence-electron chi connectivity index (χ3n) is 5.38. The first-order valence-electron chi connectivity index (χ1n) is 10.1. The summed E-state index contributed by atoms with van der Waals surface area (Å²) in [4.78, 5) is 24.7. The standard InChI is InChI=1S/C26H24NO3/c1-17(2)22-15-23-21(14-25(28)30-24(23)13-18(22)3)16-27-11-9-20(10-12-27)26(29)19-7-5-4-6-8-19/h4-15,17H,16H2,1-3H3/q+1. The van der Waals surface area contributed by atoms with Crippen LogP contribution in [0.5, 0.6) is 0 Å². The van der Waals surface area contributed by atoms with Gasteiger partial charge in [-0.25, -0.2) is 9.36 Å². The number of pyridine rings is 1. The first-order valence-corrected chi connectivity index (χ1v) is 10.1. The Morgan fingerprint density at radius 2 is 1.63 bits per heavy atom. The van der Waals surface area contributed by atoms with Crippen molar-refractivity contribution in [3.8, 4) is 0 Å². The minimum Gasteiger partial charge on any atom is -0.423 e. The van der Waals surface area contributed by atoms with Crippen LogP contribution in [0, 0.1) is 6.92 Å². The van der Waals surface area contributed by atoms with E-state index in [1.165, 1.54) is 5.56 Å². The predicted molar refractivity (Wildman–Crippen MR) is 117 cm³/mol. The largest absolute Gasteiger partial charge is 0.423 e. The number of ketones is 1. The zero-order valence-corrected chi connectivity index (χ0v) is 17.4. The molecule has 4 aromatic rings. The van der Waals surface area contributed by atoms with Gasteiger partial charge in [-0.1, -0.05) is 44.2 Å². The first-order chi connectivity index (χ1) is 14.4. The highest BCUT2D eigenvalue weighted by Crippen LogP contribution is 2.26. The van der Waals surface area contributed by atoms with Gasteiger partial charge >= 0.3 is 5.63 Å². The number of aryl methyl sites for hydroxylation is 1. The number of rotatable bonds is 5. The maximum atomic E-state index is 12.6. The van der Waals surface area contributed by atoms with Gasteiger partial charge in [-0.15, -0.1) is 0 Å². The summed E-state index contributed by atoms with van der Waals surface area (Å²) in [5.74, 6) is 0.371. The summed E-state index contributed by atoms with van der Waals surface area (Å²) in [6.07, 6.45) is 3.74. The fourth-order valence-electron chi connectivity index (χ4n) is 3.81. The molecule has 2 aromatic carbocycles. The number of carbonyl (C=O) groups is 1. The van der Waals surface area contributed by atoms with Crippen molar-refractivity contribution in [2.45, 2.75) is 33.2 Å². The van der Waals surface area contributed by atoms with Crippen molar-refractivity contribution < 1.29 is 13.8 Å². The lowest BCUT2D eigenvalue weighted by Gasteiger charge is -2.12. The number of hydrogen-bond donors (Lipinski definition) is 0. The summed E-state index contributed by atoms with van der Waals surface area (Å²) in [5, 5.41) is 0.945. The van der Waals surface area contributed by atoms with Crippen LogP contribution in [0.3, 0.4) is 0 Å². The Labute approximate surface area is 175 Å². The molecule has 0 N–H and O–H groups in total. The van der Waals surface area contributed by atoms with E-state index >= 15 is 0 Å². The SMILES string of the molecule is Cc1cc2oc(=O)cc(C[n+]3ccc(C(=O)c4ccccc4)cc3)c2cc1C(C)C. The highest BCUT2D eigenvalue weighted by atomic mass is 16.4. The molecule has 0 saturated carbocycles. The molecule has 0 bridgehead atoms. The molecule has 0 aliphatic rings. The number of benzene rings is 2. The molecule has 0 radical (unpaired) electrons. The van der Waals surface area contributed by atoms with Crippen LogP contribution in [0.25, 0.3) is 11.0 Å². The van der Waals surface area contributed by atoms with Gasteiger partial charge in [-0.2, -0.15) is 0 Å². The van der Waals surface area contributed by atoms with Crippen LogP contribution in [0.15, 0.2) is 82.3 Å². The molecular weight excluding hydrogens is 374 g/mol. The molecule has 4 rings (SSSR count). The van der Waals surface area contributed by atoms with E-state index in [-0.39, 0.29) is 11.4 Å². The molecule has 2 heterocycles.